The second-order valence-electron chi connectivity index (χ2n) is 6.56. The third-order valence-corrected chi connectivity index (χ3v) is 4.99. The molecule has 2 aromatic carbocycles. The zero-order chi connectivity index (χ0) is 14.7. The van der Waals surface area contributed by atoms with Crippen LogP contribution >= 0.6 is 0 Å². The number of aryl methyl sites for hydroxylation is 1. The van der Waals surface area contributed by atoms with E-state index in [0.29, 0.717) is 6.04 Å². The predicted octanol–water partition coefficient (Wildman–Crippen LogP) is 5.38. The molecule has 1 saturated carbocycles. The van der Waals surface area contributed by atoms with Crippen LogP contribution in [0.1, 0.15) is 56.2 Å². The van der Waals surface area contributed by atoms with Crippen LogP contribution in [0.3, 0.4) is 0 Å². The average molecular weight is 281 g/mol. The second kappa shape index (κ2) is 6.62. The van der Waals surface area contributed by atoms with Gasteiger partial charge < -0.3 is 5.32 Å². The van der Waals surface area contributed by atoms with E-state index in [0.717, 1.165) is 12.5 Å². The van der Waals surface area contributed by atoms with Crippen molar-refractivity contribution in [1.82, 2.24) is 5.32 Å². The molecule has 0 amide bonds. The first-order valence-corrected chi connectivity index (χ1v) is 8.51. The Labute approximate surface area is 128 Å². The smallest absolute Gasteiger partial charge is 0.0329 e. The van der Waals surface area contributed by atoms with Gasteiger partial charge in [0.25, 0.3) is 0 Å². The van der Waals surface area contributed by atoms with E-state index < -0.39 is 0 Å². The lowest BCUT2D eigenvalue weighted by Gasteiger charge is -2.31. The molecule has 1 unspecified atom stereocenters. The zero-order valence-corrected chi connectivity index (χ0v) is 13.4. The molecule has 1 aliphatic rings. The Morgan fingerprint density at radius 2 is 1.86 bits per heavy atom. The molecule has 2 aromatic rings. The molecule has 1 heteroatoms. The van der Waals surface area contributed by atoms with Gasteiger partial charge in [-0.15, -0.1) is 0 Å². The average Bonchev–Trinajstić information content (AvgIpc) is 2.47. The van der Waals surface area contributed by atoms with Gasteiger partial charge in [0.15, 0.2) is 0 Å². The Morgan fingerprint density at radius 3 is 2.52 bits per heavy atom. The molecular weight excluding hydrogens is 254 g/mol. The largest absolute Gasteiger partial charge is 0.310 e. The summed E-state index contributed by atoms with van der Waals surface area (Å²) in [6.45, 7) is 5.58. The SMILES string of the molecule is CCCNC(CC1CCC1)c1ccc(C)c2ccccc12. The lowest BCUT2D eigenvalue weighted by Crippen LogP contribution is -2.27. The van der Waals surface area contributed by atoms with Gasteiger partial charge in [-0.2, -0.15) is 0 Å². The summed E-state index contributed by atoms with van der Waals surface area (Å²) in [6, 6.07) is 14.0. The van der Waals surface area contributed by atoms with E-state index in [9.17, 15) is 0 Å². The molecule has 1 nitrogen and oxygen atoms in total. The zero-order valence-electron chi connectivity index (χ0n) is 13.4. The van der Waals surface area contributed by atoms with Gasteiger partial charge in [0, 0.05) is 6.04 Å². The molecular formula is C20H27N. The van der Waals surface area contributed by atoms with Crippen molar-refractivity contribution >= 4 is 10.8 Å². The summed E-state index contributed by atoms with van der Waals surface area (Å²) in [7, 11) is 0. The van der Waals surface area contributed by atoms with E-state index in [1.54, 1.807) is 0 Å². The van der Waals surface area contributed by atoms with E-state index in [-0.39, 0.29) is 0 Å². The van der Waals surface area contributed by atoms with Crippen molar-refractivity contribution in [3.8, 4) is 0 Å². The predicted molar refractivity (Wildman–Crippen MR) is 91.7 cm³/mol. The molecule has 0 aliphatic heterocycles. The van der Waals surface area contributed by atoms with Gasteiger partial charge in [0.05, 0.1) is 0 Å². The number of hydrogen-bond donors (Lipinski definition) is 1. The summed E-state index contributed by atoms with van der Waals surface area (Å²) in [4.78, 5) is 0. The van der Waals surface area contributed by atoms with Crippen LogP contribution in [0.4, 0.5) is 0 Å². The van der Waals surface area contributed by atoms with Gasteiger partial charge in [0.2, 0.25) is 0 Å². The molecule has 0 bridgehead atoms. The minimum atomic E-state index is 0.515. The van der Waals surface area contributed by atoms with Crippen LogP contribution < -0.4 is 5.32 Å². The molecule has 0 aromatic heterocycles. The standard InChI is InChI=1S/C20H27N/c1-3-13-21-20(14-16-7-6-8-16)19-12-11-15(2)17-9-4-5-10-18(17)19/h4-5,9-12,16,20-21H,3,6-8,13-14H2,1-2H3. The Hall–Kier alpha value is -1.34. The summed E-state index contributed by atoms with van der Waals surface area (Å²) in [5, 5.41) is 6.64. The van der Waals surface area contributed by atoms with Gasteiger partial charge in [-0.3, -0.25) is 0 Å². The molecule has 112 valence electrons. The quantitative estimate of drug-likeness (QED) is 0.749. The van der Waals surface area contributed by atoms with Crippen molar-refractivity contribution in [3.05, 3.63) is 47.5 Å². The third kappa shape index (κ3) is 3.13. The number of benzene rings is 2. The van der Waals surface area contributed by atoms with E-state index in [2.05, 4.69) is 55.6 Å². The van der Waals surface area contributed by atoms with Crippen LogP contribution in [0, 0.1) is 12.8 Å². The number of nitrogens with one attached hydrogen (secondary N) is 1. The number of rotatable bonds is 6. The maximum Gasteiger partial charge on any atom is 0.0329 e. The Bertz CT molecular complexity index is 598. The van der Waals surface area contributed by atoms with Crippen molar-refractivity contribution in [2.75, 3.05) is 6.54 Å². The minimum Gasteiger partial charge on any atom is -0.310 e. The van der Waals surface area contributed by atoms with E-state index in [4.69, 9.17) is 0 Å². The van der Waals surface area contributed by atoms with E-state index >= 15 is 0 Å². The first-order valence-electron chi connectivity index (χ1n) is 8.51. The fraction of sp³-hybridized carbons (Fsp3) is 0.500. The van der Waals surface area contributed by atoms with Crippen LogP contribution in [0.2, 0.25) is 0 Å². The van der Waals surface area contributed by atoms with Crippen LogP contribution in [0.15, 0.2) is 36.4 Å². The van der Waals surface area contributed by atoms with Gasteiger partial charge in [-0.25, -0.2) is 0 Å². The van der Waals surface area contributed by atoms with Crippen LogP contribution in [-0.4, -0.2) is 6.54 Å². The highest BCUT2D eigenvalue weighted by Gasteiger charge is 2.23. The fourth-order valence-electron chi connectivity index (χ4n) is 3.48. The summed E-state index contributed by atoms with van der Waals surface area (Å²) < 4.78 is 0. The van der Waals surface area contributed by atoms with Crippen LogP contribution in [-0.2, 0) is 0 Å². The molecule has 21 heavy (non-hydrogen) atoms. The third-order valence-electron chi connectivity index (χ3n) is 4.99. The molecule has 1 atom stereocenters. The Morgan fingerprint density at radius 1 is 1.10 bits per heavy atom. The topological polar surface area (TPSA) is 12.0 Å². The monoisotopic (exact) mass is 281 g/mol. The van der Waals surface area contributed by atoms with Gasteiger partial charge >= 0.3 is 0 Å². The molecule has 0 spiro atoms. The van der Waals surface area contributed by atoms with Crippen molar-refractivity contribution in [3.63, 3.8) is 0 Å². The normalized spacial score (nSPS) is 16.9. The maximum absolute atomic E-state index is 3.80. The van der Waals surface area contributed by atoms with Crippen LogP contribution in [0.5, 0.6) is 0 Å². The number of fused-ring (bicyclic) bond motifs is 1. The molecule has 1 N–H and O–H groups in total. The Kier molecular flexibility index (Phi) is 4.60. The van der Waals surface area contributed by atoms with E-state index in [1.165, 1.54) is 54.0 Å². The molecule has 0 radical (unpaired) electrons. The highest BCUT2D eigenvalue weighted by molar-refractivity contribution is 5.88. The first kappa shape index (κ1) is 14.6. The maximum atomic E-state index is 3.80. The summed E-state index contributed by atoms with van der Waals surface area (Å²) in [5.74, 6) is 0.930. The van der Waals surface area contributed by atoms with Crippen molar-refractivity contribution < 1.29 is 0 Å². The van der Waals surface area contributed by atoms with Crippen molar-refractivity contribution in [1.29, 1.82) is 0 Å². The van der Waals surface area contributed by atoms with Gasteiger partial charge in [0.1, 0.15) is 0 Å². The fourth-order valence-corrected chi connectivity index (χ4v) is 3.48. The summed E-state index contributed by atoms with van der Waals surface area (Å²) >= 11 is 0. The molecule has 1 fully saturated rings. The highest BCUT2D eigenvalue weighted by atomic mass is 14.9. The highest BCUT2D eigenvalue weighted by Crippen LogP contribution is 2.37. The molecule has 1 aliphatic carbocycles. The first-order chi connectivity index (χ1) is 10.3. The van der Waals surface area contributed by atoms with E-state index in [1.807, 2.05) is 0 Å². The lowest BCUT2D eigenvalue weighted by atomic mass is 9.79. The molecule has 3 rings (SSSR count). The lowest BCUT2D eigenvalue weighted by molar-refractivity contribution is 0.262. The van der Waals surface area contributed by atoms with Gasteiger partial charge in [-0.05, 0) is 54.1 Å². The van der Waals surface area contributed by atoms with Gasteiger partial charge in [-0.1, -0.05) is 62.6 Å². The van der Waals surface area contributed by atoms with Crippen LogP contribution in [0.25, 0.3) is 10.8 Å². The summed E-state index contributed by atoms with van der Waals surface area (Å²) in [5.41, 5.74) is 2.88. The number of hydrogen-bond acceptors (Lipinski definition) is 1. The molecule has 0 heterocycles. The molecule has 0 saturated heterocycles. The summed E-state index contributed by atoms with van der Waals surface area (Å²) in [6.07, 6.45) is 6.78. The Balaban J connectivity index is 1.95. The second-order valence-corrected chi connectivity index (χ2v) is 6.56. The van der Waals surface area contributed by atoms with Crippen molar-refractivity contribution in [2.24, 2.45) is 5.92 Å². The minimum absolute atomic E-state index is 0.515. The van der Waals surface area contributed by atoms with Crippen molar-refractivity contribution in [2.45, 2.75) is 52.0 Å².